The van der Waals surface area contributed by atoms with Crippen molar-refractivity contribution in [2.24, 2.45) is 10.2 Å². The van der Waals surface area contributed by atoms with Gasteiger partial charge in [-0.1, -0.05) is 6.07 Å². The van der Waals surface area contributed by atoms with Gasteiger partial charge in [0.25, 0.3) is 5.69 Å². The fourth-order valence-corrected chi connectivity index (χ4v) is 2.48. The van der Waals surface area contributed by atoms with Gasteiger partial charge in [0.2, 0.25) is 0 Å². The van der Waals surface area contributed by atoms with E-state index in [0.717, 1.165) is 5.56 Å². The number of anilines is 1. The van der Waals surface area contributed by atoms with E-state index >= 15 is 0 Å². The molecule has 2 aromatic heterocycles. The molecule has 3 rings (SSSR count). The molecule has 0 aliphatic carbocycles. The maximum absolute atomic E-state index is 11.0. The Hall–Kier alpha value is -3.66. The van der Waals surface area contributed by atoms with Crippen LogP contribution in [0, 0.1) is 10.1 Å². The van der Waals surface area contributed by atoms with Crippen LogP contribution in [0.3, 0.4) is 0 Å². The number of pyridine rings is 1. The van der Waals surface area contributed by atoms with Crippen LogP contribution in [0.1, 0.15) is 16.8 Å². The number of nitrogen functional groups attached to an aromatic ring is 1. The maximum Gasteiger partial charge on any atom is 0.269 e. The van der Waals surface area contributed by atoms with Crippen molar-refractivity contribution in [3.05, 3.63) is 69.7 Å². The quantitative estimate of drug-likeness (QED) is 0.371. The van der Waals surface area contributed by atoms with Gasteiger partial charge in [0, 0.05) is 43.6 Å². The van der Waals surface area contributed by atoms with Crippen molar-refractivity contribution in [3.8, 4) is 0 Å². The Balaban J connectivity index is 1.90. The Morgan fingerprint density at radius 1 is 1.33 bits per heavy atom. The SMILES string of the molecule is COCc1cc([N+](=O)[O-])ccc1N=Nc1c(Cc2cccnc2)n[nH]c1N. The van der Waals surface area contributed by atoms with E-state index in [1.807, 2.05) is 12.1 Å². The normalized spacial score (nSPS) is 11.1. The van der Waals surface area contributed by atoms with Crippen molar-refractivity contribution in [2.75, 3.05) is 12.8 Å². The monoisotopic (exact) mass is 367 g/mol. The second kappa shape index (κ2) is 8.15. The number of hydrogen-bond acceptors (Lipinski definition) is 8. The molecular weight excluding hydrogens is 350 g/mol. The molecule has 0 fully saturated rings. The first-order valence-electron chi connectivity index (χ1n) is 7.98. The number of azo groups is 1. The van der Waals surface area contributed by atoms with E-state index < -0.39 is 4.92 Å². The summed E-state index contributed by atoms with van der Waals surface area (Å²) in [6.07, 6.45) is 3.91. The standard InChI is InChI=1S/C17H17N7O3/c1-27-10-12-8-13(24(25)26)4-5-14(12)20-22-16-15(21-23-17(16)18)7-11-3-2-6-19-9-11/h2-6,8-9H,7,10H2,1H3,(H3,18,21,23). The zero-order chi connectivity index (χ0) is 19.2. The predicted octanol–water partition coefficient (Wildman–Crippen LogP) is 3.45. The van der Waals surface area contributed by atoms with Crippen molar-refractivity contribution in [1.82, 2.24) is 15.2 Å². The average molecular weight is 367 g/mol. The Labute approximate surface area is 154 Å². The fraction of sp³-hybridized carbons (Fsp3) is 0.176. The number of methoxy groups -OCH3 is 1. The van der Waals surface area contributed by atoms with Gasteiger partial charge in [-0.2, -0.15) is 5.10 Å². The predicted molar refractivity (Wildman–Crippen MR) is 98.0 cm³/mol. The number of nitro groups is 1. The molecule has 0 aliphatic heterocycles. The molecule has 0 spiro atoms. The highest BCUT2D eigenvalue weighted by Crippen LogP contribution is 2.31. The largest absolute Gasteiger partial charge is 0.382 e. The van der Waals surface area contributed by atoms with Gasteiger partial charge in [-0.05, 0) is 17.7 Å². The van der Waals surface area contributed by atoms with Crippen LogP contribution in [0.2, 0.25) is 0 Å². The molecule has 0 unspecified atom stereocenters. The number of hydrogen-bond donors (Lipinski definition) is 2. The van der Waals surface area contributed by atoms with E-state index in [1.165, 1.54) is 25.3 Å². The topological polar surface area (TPSA) is 145 Å². The fourth-order valence-electron chi connectivity index (χ4n) is 2.48. The van der Waals surface area contributed by atoms with Gasteiger partial charge in [0.15, 0.2) is 5.69 Å². The number of benzene rings is 1. The number of H-pyrrole nitrogens is 1. The third-order valence-electron chi connectivity index (χ3n) is 3.77. The van der Waals surface area contributed by atoms with E-state index in [4.69, 9.17) is 10.5 Å². The van der Waals surface area contributed by atoms with Crippen LogP contribution in [0.4, 0.5) is 22.9 Å². The van der Waals surface area contributed by atoms with Gasteiger partial charge in [-0.3, -0.25) is 20.2 Å². The molecule has 0 radical (unpaired) electrons. The second-order valence-corrected chi connectivity index (χ2v) is 5.67. The van der Waals surface area contributed by atoms with E-state index in [0.29, 0.717) is 29.1 Å². The lowest BCUT2D eigenvalue weighted by Crippen LogP contribution is -1.93. The van der Waals surface area contributed by atoms with Gasteiger partial charge in [0.05, 0.1) is 22.9 Å². The molecule has 0 saturated heterocycles. The summed E-state index contributed by atoms with van der Waals surface area (Å²) in [5, 5.41) is 26.2. The summed E-state index contributed by atoms with van der Waals surface area (Å²) in [6, 6.07) is 8.05. The summed E-state index contributed by atoms with van der Waals surface area (Å²) in [5.74, 6) is 0.285. The zero-order valence-corrected chi connectivity index (χ0v) is 14.5. The van der Waals surface area contributed by atoms with E-state index in [9.17, 15) is 10.1 Å². The zero-order valence-electron chi connectivity index (χ0n) is 14.5. The smallest absolute Gasteiger partial charge is 0.269 e. The number of aromatic amines is 1. The van der Waals surface area contributed by atoms with Crippen LogP contribution in [0.25, 0.3) is 0 Å². The summed E-state index contributed by atoms with van der Waals surface area (Å²) in [6.45, 7) is 0.166. The highest BCUT2D eigenvalue weighted by molar-refractivity contribution is 5.61. The number of rotatable bonds is 7. The molecule has 27 heavy (non-hydrogen) atoms. The molecule has 0 aliphatic rings. The first kappa shape index (κ1) is 18.1. The molecule has 0 bridgehead atoms. The molecule has 3 N–H and O–H groups in total. The van der Waals surface area contributed by atoms with Crippen LogP contribution in [-0.2, 0) is 17.8 Å². The average Bonchev–Trinajstić information content (AvgIpc) is 3.01. The number of nitrogens with zero attached hydrogens (tertiary/aromatic N) is 5. The highest BCUT2D eigenvalue weighted by atomic mass is 16.6. The molecule has 0 atom stereocenters. The minimum Gasteiger partial charge on any atom is -0.382 e. The maximum atomic E-state index is 11.0. The first-order valence-corrected chi connectivity index (χ1v) is 7.98. The molecule has 3 aromatic rings. The highest BCUT2D eigenvalue weighted by Gasteiger charge is 2.14. The number of ether oxygens (including phenoxy) is 1. The van der Waals surface area contributed by atoms with E-state index in [1.54, 1.807) is 12.4 Å². The number of non-ortho nitro benzene ring substituents is 1. The molecule has 1 aromatic carbocycles. The van der Waals surface area contributed by atoms with Crippen molar-refractivity contribution in [2.45, 2.75) is 13.0 Å². The molecule has 0 amide bonds. The number of aromatic nitrogens is 3. The third-order valence-corrected chi connectivity index (χ3v) is 3.77. The van der Waals surface area contributed by atoms with Gasteiger partial charge in [-0.25, -0.2) is 0 Å². The van der Waals surface area contributed by atoms with E-state index in [2.05, 4.69) is 25.4 Å². The van der Waals surface area contributed by atoms with Crippen LogP contribution < -0.4 is 5.73 Å². The van der Waals surface area contributed by atoms with Crippen molar-refractivity contribution < 1.29 is 9.66 Å². The minimum atomic E-state index is -0.472. The molecule has 0 saturated carbocycles. The molecule has 2 heterocycles. The second-order valence-electron chi connectivity index (χ2n) is 5.67. The van der Waals surface area contributed by atoms with Gasteiger partial charge < -0.3 is 10.5 Å². The van der Waals surface area contributed by atoms with Gasteiger partial charge >= 0.3 is 0 Å². The minimum absolute atomic E-state index is 0.0407. The van der Waals surface area contributed by atoms with Crippen LogP contribution in [0.15, 0.2) is 53.0 Å². The van der Waals surface area contributed by atoms with Crippen LogP contribution in [0.5, 0.6) is 0 Å². The van der Waals surface area contributed by atoms with Crippen LogP contribution in [-0.4, -0.2) is 27.2 Å². The summed E-state index contributed by atoms with van der Waals surface area (Å²) in [7, 11) is 1.50. The Morgan fingerprint density at radius 2 is 2.19 bits per heavy atom. The van der Waals surface area contributed by atoms with Gasteiger partial charge in [0.1, 0.15) is 5.82 Å². The van der Waals surface area contributed by atoms with Crippen molar-refractivity contribution >= 4 is 22.9 Å². The number of nitro benzene ring substituents is 1. The Morgan fingerprint density at radius 3 is 2.89 bits per heavy atom. The Kier molecular flexibility index (Phi) is 5.47. The van der Waals surface area contributed by atoms with Crippen molar-refractivity contribution in [1.29, 1.82) is 0 Å². The summed E-state index contributed by atoms with van der Waals surface area (Å²) < 4.78 is 5.09. The molecule has 138 valence electrons. The van der Waals surface area contributed by atoms with Crippen LogP contribution >= 0.6 is 0 Å². The lowest BCUT2D eigenvalue weighted by atomic mass is 10.1. The lowest BCUT2D eigenvalue weighted by molar-refractivity contribution is -0.384. The Bertz CT molecular complexity index is 970. The summed E-state index contributed by atoms with van der Waals surface area (Å²) in [4.78, 5) is 14.6. The van der Waals surface area contributed by atoms with Crippen molar-refractivity contribution in [3.63, 3.8) is 0 Å². The van der Waals surface area contributed by atoms with E-state index in [-0.39, 0.29) is 18.1 Å². The lowest BCUT2D eigenvalue weighted by Gasteiger charge is -2.04. The third kappa shape index (κ3) is 4.30. The molecule has 10 heteroatoms. The number of nitrogens with one attached hydrogen (secondary N) is 1. The number of nitrogens with two attached hydrogens (primary N) is 1. The summed E-state index contributed by atoms with van der Waals surface area (Å²) in [5.41, 5.74) is 8.88. The molecule has 10 nitrogen and oxygen atoms in total. The first-order chi connectivity index (χ1) is 13.1. The molecular formula is C17H17N7O3. The summed E-state index contributed by atoms with van der Waals surface area (Å²) >= 11 is 0. The van der Waals surface area contributed by atoms with Gasteiger partial charge in [-0.15, -0.1) is 10.2 Å².